The van der Waals surface area contributed by atoms with Crippen LogP contribution in [-0.4, -0.2) is 52.8 Å². The van der Waals surface area contributed by atoms with Gasteiger partial charge in [-0.05, 0) is 43.2 Å². The highest BCUT2D eigenvalue weighted by molar-refractivity contribution is 7.24. The highest BCUT2D eigenvalue weighted by Gasteiger charge is 2.28. The molecule has 0 bridgehead atoms. The van der Waals surface area contributed by atoms with E-state index in [4.69, 9.17) is 11.6 Å². The first-order chi connectivity index (χ1) is 14.5. The highest BCUT2D eigenvalue weighted by Crippen LogP contribution is 2.35. The highest BCUT2D eigenvalue weighted by atomic mass is 35.5. The number of benzene rings is 1. The molecule has 156 valence electrons. The van der Waals surface area contributed by atoms with Crippen LogP contribution in [0.4, 0.5) is 0 Å². The van der Waals surface area contributed by atoms with E-state index in [2.05, 4.69) is 11.9 Å². The average molecular weight is 460 g/mol. The fraction of sp³-hybridized carbons (Fsp3) is 0.318. The molecule has 0 radical (unpaired) electrons. The number of carbonyl (C=O) groups excluding carboxylic acids is 2. The molecule has 0 N–H and O–H groups in total. The lowest BCUT2D eigenvalue weighted by atomic mass is 10.1. The van der Waals surface area contributed by atoms with Crippen molar-refractivity contribution in [2.45, 2.75) is 20.3 Å². The predicted octanol–water partition coefficient (Wildman–Crippen LogP) is 4.99. The quantitative estimate of drug-likeness (QED) is 0.552. The van der Waals surface area contributed by atoms with Gasteiger partial charge in [-0.25, -0.2) is 4.98 Å². The molecule has 3 heterocycles. The SMILES string of the molecule is CCc1ccc(C(=O)N2CCN(C(=O)c3sc(-c4ccc(Cl)s4)nc3C)CC2)cc1. The number of hydrogen-bond acceptors (Lipinski definition) is 5. The van der Waals surface area contributed by atoms with Crippen molar-refractivity contribution in [3.63, 3.8) is 0 Å². The van der Waals surface area contributed by atoms with E-state index in [9.17, 15) is 9.59 Å². The Kier molecular flexibility index (Phi) is 6.22. The predicted molar refractivity (Wildman–Crippen MR) is 123 cm³/mol. The van der Waals surface area contributed by atoms with Crippen LogP contribution >= 0.6 is 34.3 Å². The number of thiazole rings is 1. The number of carbonyl (C=O) groups is 2. The summed E-state index contributed by atoms with van der Waals surface area (Å²) >= 11 is 8.89. The number of rotatable bonds is 4. The maximum Gasteiger partial charge on any atom is 0.265 e. The van der Waals surface area contributed by atoms with Gasteiger partial charge in [0.05, 0.1) is 14.9 Å². The van der Waals surface area contributed by atoms with Crippen molar-refractivity contribution in [2.24, 2.45) is 0 Å². The summed E-state index contributed by atoms with van der Waals surface area (Å²) in [6.07, 6.45) is 0.952. The number of nitrogens with zero attached hydrogens (tertiary/aromatic N) is 3. The molecule has 1 aliphatic heterocycles. The lowest BCUT2D eigenvalue weighted by Gasteiger charge is -2.34. The van der Waals surface area contributed by atoms with Crippen molar-refractivity contribution in [1.82, 2.24) is 14.8 Å². The van der Waals surface area contributed by atoms with Crippen molar-refractivity contribution >= 4 is 46.1 Å². The van der Waals surface area contributed by atoms with Gasteiger partial charge in [0.25, 0.3) is 11.8 Å². The van der Waals surface area contributed by atoms with E-state index in [1.54, 1.807) is 0 Å². The van der Waals surface area contributed by atoms with E-state index in [1.165, 1.54) is 28.2 Å². The summed E-state index contributed by atoms with van der Waals surface area (Å²) in [7, 11) is 0. The molecule has 0 saturated carbocycles. The summed E-state index contributed by atoms with van der Waals surface area (Å²) in [6, 6.07) is 11.5. The first-order valence-electron chi connectivity index (χ1n) is 9.87. The van der Waals surface area contributed by atoms with Crippen molar-refractivity contribution < 1.29 is 9.59 Å². The molecule has 30 heavy (non-hydrogen) atoms. The molecule has 2 aromatic heterocycles. The van der Waals surface area contributed by atoms with Gasteiger partial charge in [-0.3, -0.25) is 9.59 Å². The van der Waals surface area contributed by atoms with E-state index >= 15 is 0 Å². The molecule has 0 aliphatic carbocycles. The summed E-state index contributed by atoms with van der Waals surface area (Å²) in [5, 5.41) is 0.817. The van der Waals surface area contributed by atoms with Crippen molar-refractivity contribution in [1.29, 1.82) is 0 Å². The zero-order chi connectivity index (χ0) is 21.3. The molecule has 0 atom stereocenters. The van der Waals surface area contributed by atoms with Gasteiger partial charge in [0.2, 0.25) is 0 Å². The van der Waals surface area contributed by atoms with Gasteiger partial charge in [-0.15, -0.1) is 22.7 Å². The van der Waals surface area contributed by atoms with Gasteiger partial charge in [-0.1, -0.05) is 30.7 Å². The van der Waals surface area contributed by atoms with E-state index in [0.29, 0.717) is 41.0 Å². The molecule has 8 heteroatoms. The first-order valence-corrected chi connectivity index (χ1v) is 11.9. The fourth-order valence-electron chi connectivity index (χ4n) is 3.45. The van der Waals surface area contributed by atoms with Crippen LogP contribution in [0.3, 0.4) is 0 Å². The smallest absolute Gasteiger partial charge is 0.265 e. The lowest BCUT2D eigenvalue weighted by Crippen LogP contribution is -2.50. The van der Waals surface area contributed by atoms with Crippen molar-refractivity contribution in [2.75, 3.05) is 26.2 Å². The van der Waals surface area contributed by atoms with Crippen LogP contribution in [0.2, 0.25) is 4.34 Å². The second-order valence-electron chi connectivity index (χ2n) is 7.17. The Morgan fingerprint density at radius 2 is 1.60 bits per heavy atom. The summed E-state index contributed by atoms with van der Waals surface area (Å²) in [6.45, 7) is 6.07. The van der Waals surface area contributed by atoms with E-state index in [-0.39, 0.29) is 11.8 Å². The average Bonchev–Trinajstić information content (AvgIpc) is 3.38. The number of hydrogen-bond donors (Lipinski definition) is 0. The molecule has 1 aliphatic rings. The van der Waals surface area contributed by atoms with Crippen LogP contribution in [0.15, 0.2) is 36.4 Å². The molecule has 5 nitrogen and oxygen atoms in total. The van der Waals surface area contributed by atoms with Gasteiger partial charge < -0.3 is 9.80 Å². The number of amides is 2. The maximum atomic E-state index is 13.1. The van der Waals surface area contributed by atoms with E-state index in [0.717, 1.165) is 22.0 Å². The van der Waals surface area contributed by atoms with Crippen LogP contribution in [-0.2, 0) is 6.42 Å². The Morgan fingerprint density at radius 1 is 0.967 bits per heavy atom. The molecule has 1 saturated heterocycles. The van der Waals surface area contributed by atoms with Gasteiger partial charge in [0.1, 0.15) is 9.88 Å². The standard InChI is InChI=1S/C22H22ClN3O2S2/c1-3-15-4-6-16(7-5-15)21(27)25-10-12-26(13-11-25)22(28)19-14(2)24-20(30-19)17-8-9-18(23)29-17/h4-9H,3,10-13H2,1-2H3. The molecule has 0 unspecified atom stereocenters. The zero-order valence-corrected chi connectivity index (χ0v) is 19.2. The van der Waals surface area contributed by atoms with Gasteiger partial charge >= 0.3 is 0 Å². The minimum absolute atomic E-state index is 0.0155. The van der Waals surface area contributed by atoms with Crippen LogP contribution in [0.25, 0.3) is 9.88 Å². The Bertz CT molecular complexity index is 1070. The maximum absolute atomic E-state index is 13.1. The normalized spacial score (nSPS) is 14.2. The van der Waals surface area contributed by atoms with Crippen LogP contribution in [0.1, 0.15) is 38.2 Å². The summed E-state index contributed by atoms with van der Waals surface area (Å²) in [5.74, 6) is 0.00823. The monoisotopic (exact) mass is 459 g/mol. The van der Waals surface area contributed by atoms with Gasteiger partial charge in [0, 0.05) is 31.7 Å². The molecule has 3 aromatic rings. The lowest BCUT2D eigenvalue weighted by molar-refractivity contribution is 0.0537. The number of piperazine rings is 1. The molecular weight excluding hydrogens is 438 g/mol. The molecule has 1 aromatic carbocycles. The Balaban J connectivity index is 1.41. The van der Waals surface area contributed by atoms with Crippen LogP contribution < -0.4 is 0 Å². The molecule has 1 fully saturated rings. The third kappa shape index (κ3) is 4.29. The Labute approximate surface area is 188 Å². The van der Waals surface area contributed by atoms with Crippen molar-refractivity contribution in [3.05, 3.63) is 62.4 Å². The summed E-state index contributed by atoms with van der Waals surface area (Å²) < 4.78 is 0.704. The zero-order valence-electron chi connectivity index (χ0n) is 16.9. The number of halogens is 1. The van der Waals surface area contributed by atoms with E-state index < -0.39 is 0 Å². The topological polar surface area (TPSA) is 53.5 Å². The number of aryl methyl sites for hydroxylation is 2. The molecule has 2 amide bonds. The number of aromatic nitrogens is 1. The molecule has 4 rings (SSSR count). The Morgan fingerprint density at radius 3 is 2.17 bits per heavy atom. The number of thiophene rings is 1. The Hall–Kier alpha value is -2.22. The third-order valence-electron chi connectivity index (χ3n) is 5.24. The molecule has 0 spiro atoms. The van der Waals surface area contributed by atoms with Crippen LogP contribution in [0.5, 0.6) is 0 Å². The van der Waals surface area contributed by atoms with Gasteiger partial charge in [-0.2, -0.15) is 0 Å². The largest absolute Gasteiger partial charge is 0.335 e. The first kappa shape index (κ1) is 21.0. The second-order valence-corrected chi connectivity index (χ2v) is 9.89. The minimum atomic E-state index is -0.0155. The van der Waals surface area contributed by atoms with Gasteiger partial charge in [0.15, 0.2) is 0 Å². The fourth-order valence-corrected chi connectivity index (χ4v) is 5.58. The van der Waals surface area contributed by atoms with E-state index in [1.807, 2.05) is 53.1 Å². The summed E-state index contributed by atoms with van der Waals surface area (Å²) in [5.41, 5.74) is 2.65. The summed E-state index contributed by atoms with van der Waals surface area (Å²) in [4.78, 5) is 35.7. The van der Waals surface area contributed by atoms with Crippen molar-refractivity contribution in [3.8, 4) is 9.88 Å². The minimum Gasteiger partial charge on any atom is -0.335 e. The third-order valence-corrected chi connectivity index (χ3v) is 7.78. The second kappa shape index (κ2) is 8.88. The van der Waals surface area contributed by atoms with Crippen LogP contribution in [0, 0.1) is 6.92 Å². The molecular formula is C22H22ClN3O2S2.